The Labute approximate surface area is 170 Å². The molecule has 0 unspecified atom stereocenters. The number of hydrogen-bond acceptors (Lipinski definition) is 9. The Kier molecular flexibility index (Phi) is 8.61. The van der Waals surface area contributed by atoms with E-state index >= 15 is 0 Å². The molecule has 0 fully saturated rings. The molecule has 29 heavy (non-hydrogen) atoms. The van der Waals surface area contributed by atoms with E-state index in [1.54, 1.807) is 0 Å². The van der Waals surface area contributed by atoms with Gasteiger partial charge >= 0.3 is 5.00 Å². The van der Waals surface area contributed by atoms with Crippen molar-refractivity contribution in [1.82, 2.24) is 4.98 Å². The second-order valence-electron chi connectivity index (χ2n) is 5.71. The van der Waals surface area contributed by atoms with Crippen molar-refractivity contribution in [3.05, 3.63) is 51.2 Å². The summed E-state index contributed by atoms with van der Waals surface area (Å²) < 4.78 is 10.7. The molecule has 1 aromatic carbocycles. The van der Waals surface area contributed by atoms with E-state index in [0.29, 0.717) is 38.3 Å². The molecule has 2 amide bonds. The highest BCUT2D eigenvalue weighted by atomic mass is 32.1. The number of hydrogen-bond donors (Lipinski definition) is 3. The lowest BCUT2D eigenvalue weighted by atomic mass is 10.0. The summed E-state index contributed by atoms with van der Waals surface area (Å²) in [6.45, 7) is 1.93. The number of benzene rings is 1. The Morgan fingerprint density at radius 3 is 2.55 bits per heavy atom. The van der Waals surface area contributed by atoms with Crippen LogP contribution in [0.25, 0.3) is 0 Å². The van der Waals surface area contributed by atoms with Gasteiger partial charge in [-0.25, -0.2) is 4.98 Å². The van der Waals surface area contributed by atoms with Crippen molar-refractivity contribution in [3.8, 4) is 0 Å². The quantitative estimate of drug-likeness (QED) is 0.257. The van der Waals surface area contributed by atoms with Crippen LogP contribution in [0.2, 0.25) is 0 Å². The van der Waals surface area contributed by atoms with E-state index in [1.807, 2.05) is 0 Å². The fourth-order valence-corrected chi connectivity index (χ4v) is 2.96. The SMILES string of the molecule is NCCOCCOCCc1cc(C(N)=O)ccc1C(=O)Nc1ncc([N+](=O)[O-])s1. The molecule has 0 aliphatic carbocycles. The maximum absolute atomic E-state index is 12.6. The molecule has 0 radical (unpaired) electrons. The lowest BCUT2D eigenvalue weighted by Gasteiger charge is -2.11. The van der Waals surface area contributed by atoms with Crippen LogP contribution in [0.3, 0.4) is 0 Å². The van der Waals surface area contributed by atoms with Gasteiger partial charge in [0.2, 0.25) is 5.91 Å². The van der Waals surface area contributed by atoms with Gasteiger partial charge in [0, 0.05) is 17.7 Å². The molecule has 2 aromatic rings. The minimum atomic E-state index is -0.621. The predicted octanol–water partition coefficient (Wildman–Crippen LogP) is 0.937. The number of anilines is 1. The van der Waals surface area contributed by atoms with Gasteiger partial charge in [0.1, 0.15) is 6.20 Å². The van der Waals surface area contributed by atoms with Crippen LogP contribution < -0.4 is 16.8 Å². The van der Waals surface area contributed by atoms with Crippen LogP contribution in [0.15, 0.2) is 24.4 Å². The van der Waals surface area contributed by atoms with Crippen molar-refractivity contribution in [2.75, 3.05) is 38.3 Å². The lowest BCUT2D eigenvalue weighted by molar-refractivity contribution is -0.380. The predicted molar refractivity (Wildman–Crippen MR) is 106 cm³/mol. The molecule has 11 nitrogen and oxygen atoms in total. The van der Waals surface area contributed by atoms with Gasteiger partial charge in [-0.15, -0.1) is 0 Å². The first-order chi connectivity index (χ1) is 13.9. The van der Waals surface area contributed by atoms with Crippen LogP contribution in [-0.2, 0) is 15.9 Å². The van der Waals surface area contributed by atoms with Crippen molar-refractivity contribution in [2.45, 2.75) is 6.42 Å². The van der Waals surface area contributed by atoms with E-state index in [0.717, 1.165) is 17.5 Å². The molecule has 12 heteroatoms. The maximum atomic E-state index is 12.6. The molecule has 1 aromatic heterocycles. The minimum absolute atomic E-state index is 0.0972. The summed E-state index contributed by atoms with van der Waals surface area (Å²) in [6, 6.07) is 4.43. The molecular formula is C17H21N5O6S. The van der Waals surface area contributed by atoms with E-state index in [2.05, 4.69) is 10.3 Å². The molecule has 1 heterocycles. The Hall–Kier alpha value is -2.93. The molecule has 2 rings (SSSR count). The molecule has 0 aliphatic rings. The Morgan fingerprint density at radius 2 is 1.93 bits per heavy atom. The molecule has 5 N–H and O–H groups in total. The normalized spacial score (nSPS) is 10.7. The van der Waals surface area contributed by atoms with Crippen molar-refractivity contribution in [2.24, 2.45) is 11.5 Å². The highest BCUT2D eigenvalue weighted by Crippen LogP contribution is 2.26. The standard InChI is InChI=1S/C17H21N5O6S/c18-4-6-28-8-7-27-5-3-11-9-12(15(19)23)1-2-13(11)16(24)21-17-20-10-14(29-17)22(25)26/h1-2,9-10H,3-8,18H2,(H2,19,23)(H,20,21,24). The van der Waals surface area contributed by atoms with Crippen molar-refractivity contribution >= 4 is 33.3 Å². The number of nitrogens with zero attached hydrogens (tertiary/aromatic N) is 2. The average molecular weight is 423 g/mol. The van der Waals surface area contributed by atoms with Gasteiger partial charge in [0.05, 0.1) is 31.4 Å². The summed E-state index contributed by atoms with van der Waals surface area (Å²) in [6.07, 6.45) is 1.41. The number of carbonyl (C=O) groups excluding carboxylic acids is 2. The number of ether oxygens (including phenoxy) is 2. The van der Waals surface area contributed by atoms with Gasteiger partial charge in [0.15, 0.2) is 5.13 Å². The van der Waals surface area contributed by atoms with Crippen molar-refractivity contribution in [1.29, 1.82) is 0 Å². The Balaban J connectivity index is 2.05. The molecule has 0 saturated carbocycles. The summed E-state index contributed by atoms with van der Waals surface area (Å²) in [4.78, 5) is 38.0. The minimum Gasteiger partial charge on any atom is -0.379 e. The first kappa shape index (κ1) is 22.4. The van der Waals surface area contributed by atoms with E-state index in [1.165, 1.54) is 18.2 Å². The topological polar surface area (TPSA) is 173 Å². The molecule has 0 saturated heterocycles. The third kappa shape index (κ3) is 6.87. The fraction of sp³-hybridized carbons (Fsp3) is 0.353. The van der Waals surface area contributed by atoms with Crippen LogP contribution in [0, 0.1) is 10.1 Å². The zero-order chi connectivity index (χ0) is 21.2. The summed E-state index contributed by atoms with van der Waals surface area (Å²) in [5.41, 5.74) is 11.7. The maximum Gasteiger partial charge on any atom is 0.345 e. The zero-order valence-electron chi connectivity index (χ0n) is 15.5. The fourth-order valence-electron chi connectivity index (χ4n) is 2.34. The van der Waals surface area contributed by atoms with Gasteiger partial charge < -0.3 is 20.9 Å². The van der Waals surface area contributed by atoms with Crippen LogP contribution in [0.1, 0.15) is 26.3 Å². The number of nitro groups is 1. The van der Waals surface area contributed by atoms with Gasteiger partial charge in [-0.3, -0.25) is 25.0 Å². The van der Waals surface area contributed by atoms with Gasteiger partial charge in [-0.2, -0.15) is 0 Å². The van der Waals surface area contributed by atoms with Crippen LogP contribution >= 0.6 is 11.3 Å². The summed E-state index contributed by atoms with van der Waals surface area (Å²) in [5, 5.41) is 13.2. The monoisotopic (exact) mass is 423 g/mol. The zero-order valence-corrected chi connectivity index (χ0v) is 16.3. The third-order valence-electron chi connectivity index (χ3n) is 3.68. The second-order valence-corrected chi connectivity index (χ2v) is 6.72. The van der Waals surface area contributed by atoms with Crippen molar-refractivity contribution < 1.29 is 24.0 Å². The molecule has 0 bridgehead atoms. The number of aromatic nitrogens is 1. The second kappa shape index (κ2) is 11.2. The van der Waals surface area contributed by atoms with Crippen LogP contribution in [0.5, 0.6) is 0 Å². The van der Waals surface area contributed by atoms with E-state index in [4.69, 9.17) is 20.9 Å². The van der Waals surface area contributed by atoms with Gasteiger partial charge in [-0.05, 0) is 41.5 Å². The number of nitrogens with one attached hydrogen (secondary N) is 1. The molecule has 156 valence electrons. The summed E-state index contributed by atoms with van der Waals surface area (Å²) in [5.74, 6) is -1.13. The smallest absolute Gasteiger partial charge is 0.345 e. The molecule has 0 atom stereocenters. The lowest BCUT2D eigenvalue weighted by Crippen LogP contribution is -2.18. The summed E-state index contributed by atoms with van der Waals surface area (Å²) in [7, 11) is 0. The number of amides is 2. The van der Waals surface area contributed by atoms with E-state index in [-0.39, 0.29) is 27.9 Å². The summed E-state index contributed by atoms with van der Waals surface area (Å²) >= 11 is 0.745. The number of carbonyl (C=O) groups is 2. The molecular weight excluding hydrogens is 402 g/mol. The van der Waals surface area contributed by atoms with E-state index < -0.39 is 16.7 Å². The number of primary amides is 1. The Morgan fingerprint density at radius 1 is 1.21 bits per heavy atom. The highest BCUT2D eigenvalue weighted by Gasteiger charge is 2.17. The molecule has 0 spiro atoms. The largest absolute Gasteiger partial charge is 0.379 e. The van der Waals surface area contributed by atoms with E-state index in [9.17, 15) is 19.7 Å². The van der Waals surface area contributed by atoms with Gasteiger partial charge in [0.25, 0.3) is 5.91 Å². The first-order valence-electron chi connectivity index (χ1n) is 8.62. The average Bonchev–Trinajstić information content (AvgIpc) is 3.16. The number of nitrogens with two attached hydrogens (primary N) is 2. The van der Waals surface area contributed by atoms with Crippen LogP contribution in [-0.4, -0.2) is 54.7 Å². The third-order valence-corrected chi connectivity index (χ3v) is 4.54. The first-order valence-corrected chi connectivity index (χ1v) is 9.44. The van der Waals surface area contributed by atoms with Crippen molar-refractivity contribution in [3.63, 3.8) is 0 Å². The highest BCUT2D eigenvalue weighted by molar-refractivity contribution is 7.18. The Bertz CT molecular complexity index is 872. The number of thiazole rings is 1. The molecule has 0 aliphatic heterocycles. The van der Waals surface area contributed by atoms with Gasteiger partial charge in [-0.1, -0.05) is 0 Å². The van der Waals surface area contributed by atoms with Crippen LogP contribution in [0.4, 0.5) is 10.1 Å². The number of rotatable bonds is 12.